The lowest BCUT2D eigenvalue weighted by Crippen LogP contribution is -2.56. The first-order valence-electron chi connectivity index (χ1n) is 11.8. The Kier molecular flexibility index (Phi) is 8.04. The molecule has 1 atom stereocenters. The van der Waals surface area contributed by atoms with Crippen LogP contribution in [0.25, 0.3) is 0 Å². The molecule has 0 saturated heterocycles. The smallest absolute Gasteiger partial charge is 0.484 e. The molecule has 10 nitrogen and oxygen atoms in total. The maximum atomic E-state index is 13.9. The monoisotopic (exact) mass is 528 g/mol. The minimum Gasteiger partial charge on any atom is -0.496 e. The van der Waals surface area contributed by atoms with Gasteiger partial charge in [-0.25, -0.2) is 17.8 Å². The number of hydrazone groups is 1. The third-order valence-corrected chi connectivity index (χ3v) is 7.33. The van der Waals surface area contributed by atoms with E-state index in [2.05, 4.69) is 10.5 Å². The maximum Gasteiger partial charge on any atom is 0.484 e. The van der Waals surface area contributed by atoms with Crippen molar-refractivity contribution in [3.8, 4) is 5.75 Å². The highest BCUT2D eigenvalue weighted by Gasteiger charge is 2.38. The van der Waals surface area contributed by atoms with Crippen molar-refractivity contribution in [2.45, 2.75) is 47.1 Å². The van der Waals surface area contributed by atoms with Crippen molar-refractivity contribution in [1.29, 1.82) is 0 Å². The van der Waals surface area contributed by atoms with Crippen LogP contribution in [0.15, 0.2) is 41.5 Å². The van der Waals surface area contributed by atoms with Crippen LogP contribution < -0.4 is 15.6 Å². The van der Waals surface area contributed by atoms with E-state index in [1.54, 1.807) is 37.3 Å². The number of nitrogens with zero attached hydrogens (tertiary/aromatic N) is 3. The van der Waals surface area contributed by atoms with Gasteiger partial charge in [0.15, 0.2) is 0 Å². The maximum absolute atomic E-state index is 13.9. The summed E-state index contributed by atoms with van der Waals surface area (Å²) < 4.78 is 30.0. The highest BCUT2D eigenvalue weighted by molar-refractivity contribution is 7.89. The molecule has 0 spiro atoms. The molecule has 3 rings (SSSR count). The van der Waals surface area contributed by atoms with Crippen LogP contribution in [0.4, 0.5) is 0 Å². The van der Waals surface area contributed by atoms with Gasteiger partial charge < -0.3 is 9.76 Å². The lowest BCUT2D eigenvalue weighted by Gasteiger charge is -2.39. The Hall–Kier alpha value is -3.38. The number of rotatable bonds is 6. The minimum absolute atomic E-state index is 0.173. The van der Waals surface area contributed by atoms with Gasteiger partial charge in [-0.3, -0.25) is 15.0 Å². The molecule has 0 aliphatic carbocycles. The molecule has 2 N–H and O–H groups in total. The largest absolute Gasteiger partial charge is 0.496 e. The Morgan fingerprint density at radius 3 is 2.49 bits per heavy atom. The number of carbonyl (C=O) groups is 2. The van der Waals surface area contributed by atoms with Crippen molar-refractivity contribution in [3.63, 3.8) is 0 Å². The number of amides is 2. The predicted octanol–water partition coefficient (Wildman–Crippen LogP) is 1.91. The molecule has 12 heteroatoms. The summed E-state index contributed by atoms with van der Waals surface area (Å²) in [5, 5.41) is 15.8. The predicted molar refractivity (Wildman–Crippen MR) is 143 cm³/mol. The van der Waals surface area contributed by atoms with Crippen LogP contribution in [0.1, 0.15) is 66.0 Å². The van der Waals surface area contributed by atoms with E-state index < -0.39 is 34.3 Å². The SMILES string of the molecule is CC[C@@H](N(NC(=O)c1cccc(OC)c1C)C(=O)c1ccc2c(c1)B(O)N(S(C)(=O)=O)N=C2)C(C)(C)C. The summed E-state index contributed by atoms with van der Waals surface area (Å²) >= 11 is 0. The molecule has 198 valence electrons. The van der Waals surface area contributed by atoms with Gasteiger partial charge in [0.2, 0.25) is 10.0 Å². The van der Waals surface area contributed by atoms with Crippen LogP contribution in [-0.2, 0) is 10.0 Å². The Bertz CT molecular complexity index is 1340. The number of sulfonamides is 1. The molecule has 2 aromatic rings. The summed E-state index contributed by atoms with van der Waals surface area (Å²) in [5.74, 6) is -0.422. The van der Waals surface area contributed by atoms with E-state index in [1.807, 2.05) is 27.7 Å². The fourth-order valence-corrected chi connectivity index (χ4v) is 5.15. The second-order valence-corrected chi connectivity index (χ2v) is 11.9. The van der Waals surface area contributed by atoms with Gasteiger partial charge in [0.1, 0.15) is 5.75 Å². The van der Waals surface area contributed by atoms with Crippen LogP contribution >= 0.6 is 0 Å². The van der Waals surface area contributed by atoms with Crippen molar-refractivity contribution in [3.05, 3.63) is 58.7 Å². The van der Waals surface area contributed by atoms with Crippen molar-refractivity contribution < 1.29 is 27.8 Å². The molecular formula is C25H33BN4O6S. The van der Waals surface area contributed by atoms with Gasteiger partial charge in [0.25, 0.3) is 11.8 Å². The molecular weight excluding hydrogens is 495 g/mol. The lowest BCUT2D eigenvalue weighted by molar-refractivity contribution is 0.0284. The van der Waals surface area contributed by atoms with E-state index >= 15 is 0 Å². The standard InChI is InChI=1S/C25H33BN4O6S/c1-8-22(25(3,4)5)29(28-23(31)19-10-9-11-21(36-6)16(19)2)24(32)17-12-13-18-15-27-30(37(7,34)35)26(33)20(18)14-17/h9-15,22,33H,8H2,1-7H3,(H,28,31)/t22-/m1/s1. The van der Waals surface area contributed by atoms with Crippen molar-refractivity contribution in [1.82, 2.24) is 14.8 Å². The first-order valence-corrected chi connectivity index (χ1v) is 13.7. The normalized spacial score (nSPS) is 14.2. The molecule has 2 amide bonds. The Balaban J connectivity index is 2.04. The van der Waals surface area contributed by atoms with Gasteiger partial charge in [0, 0.05) is 16.7 Å². The first kappa shape index (κ1) is 28.2. The molecule has 37 heavy (non-hydrogen) atoms. The molecule has 0 unspecified atom stereocenters. The van der Waals surface area contributed by atoms with E-state index in [0.717, 1.165) is 6.26 Å². The number of nitrogens with one attached hydrogen (secondary N) is 1. The summed E-state index contributed by atoms with van der Waals surface area (Å²) in [4.78, 5) is 27.3. The number of benzene rings is 2. The van der Waals surface area contributed by atoms with Crippen LogP contribution in [0, 0.1) is 12.3 Å². The van der Waals surface area contributed by atoms with Crippen LogP contribution in [-0.4, -0.2) is 67.3 Å². The highest BCUT2D eigenvalue weighted by Crippen LogP contribution is 2.28. The van der Waals surface area contributed by atoms with Crippen molar-refractivity contribution in [2.24, 2.45) is 10.5 Å². The van der Waals surface area contributed by atoms with Gasteiger partial charge >= 0.3 is 7.05 Å². The number of fused-ring (bicyclic) bond motifs is 1. The molecule has 0 radical (unpaired) electrons. The number of hydrazine groups is 1. The zero-order valence-corrected chi connectivity index (χ0v) is 23.0. The van der Waals surface area contributed by atoms with Gasteiger partial charge in [-0.2, -0.15) is 5.10 Å². The minimum atomic E-state index is -3.84. The fraction of sp³-hybridized carbons (Fsp3) is 0.400. The summed E-state index contributed by atoms with van der Waals surface area (Å²) in [6.07, 6.45) is 2.79. The second-order valence-electron chi connectivity index (χ2n) is 10.0. The molecule has 0 saturated carbocycles. The molecule has 2 aromatic carbocycles. The zero-order valence-electron chi connectivity index (χ0n) is 22.1. The van der Waals surface area contributed by atoms with E-state index in [0.29, 0.717) is 33.2 Å². The van der Waals surface area contributed by atoms with Crippen molar-refractivity contribution in [2.75, 3.05) is 13.4 Å². The molecule has 1 aliphatic rings. The van der Waals surface area contributed by atoms with Crippen LogP contribution in [0.5, 0.6) is 5.75 Å². The summed E-state index contributed by atoms with van der Waals surface area (Å²) in [6, 6.07) is 9.29. The van der Waals surface area contributed by atoms with Crippen LogP contribution in [0.2, 0.25) is 0 Å². The third kappa shape index (κ3) is 5.80. The van der Waals surface area contributed by atoms with Gasteiger partial charge in [-0.15, -0.1) is 0 Å². The lowest BCUT2D eigenvalue weighted by atomic mass is 9.71. The van der Waals surface area contributed by atoms with Crippen molar-refractivity contribution >= 4 is 40.6 Å². The molecule has 0 bridgehead atoms. The number of hydrogen-bond acceptors (Lipinski definition) is 7. The molecule has 0 aromatic heterocycles. The van der Waals surface area contributed by atoms with Gasteiger partial charge in [0.05, 0.1) is 25.6 Å². The Labute approximate surface area is 218 Å². The summed E-state index contributed by atoms with van der Waals surface area (Å²) in [6.45, 7) is 9.61. The van der Waals surface area contributed by atoms with E-state index in [1.165, 1.54) is 24.4 Å². The Morgan fingerprint density at radius 2 is 1.92 bits per heavy atom. The number of methoxy groups -OCH3 is 1. The average molecular weight is 528 g/mol. The number of ether oxygens (including phenoxy) is 1. The van der Waals surface area contributed by atoms with E-state index in [4.69, 9.17) is 4.74 Å². The summed E-state index contributed by atoms with van der Waals surface area (Å²) in [7, 11) is -3.91. The number of hydrogen-bond donors (Lipinski definition) is 2. The third-order valence-electron chi connectivity index (χ3n) is 6.36. The topological polar surface area (TPSA) is 129 Å². The first-order chi connectivity index (χ1) is 17.2. The molecule has 1 aliphatic heterocycles. The van der Waals surface area contributed by atoms with E-state index in [9.17, 15) is 23.0 Å². The molecule has 1 heterocycles. The summed E-state index contributed by atoms with van der Waals surface area (Å²) in [5.41, 5.74) is 4.27. The quantitative estimate of drug-likeness (QED) is 0.436. The molecule has 0 fully saturated rings. The van der Waals surface area contributed by atoms with Crippen LogP contribution in [0.3, 0.4) is 0 Å². The average Bonchev–Trinajstić information content (AvgIpc) is 2.82. The highest BCUT2D eigenvalue weighted by atomic mass is 32.2. The van der Waals surface area contributed by atoms with Gasteiger partial charge in [-0.1, -0.05) is 39.8 Å². The van der Waals surface area contributed by atoms with Gasteiger partial charge in [-0.05, 0) is 54.1 Å². The Morgan fingerprint density at radius 1 is 1.24 bits per heavy atom. The number of carbonyl (C=O) groups excluding carboxylic acids is 2. The zero-order chi connectivity index (χ0) is 27.7. The second kappa shape index (κ2) is 10.5. The van der Waals surface area contributed by atoms with E-state index in [-0.39, 0.29) is 17.1 Å². The fourth-order valence-electron chi connectivity index (χ4n) is 4.46.